The van der Waals surface area contributed by atoms with E-state index in [1.807, 2.05) is 31.2 Å². The van der Waals surface area contributed by atoms with Gasteiger partial charge in [0.2, 0.25) is 0 Å². The number of ether oxygens (including phenoxy) is 1. The van der Waals surface area contributed by atoms with Crippen LogP contribution in [0, 0.1) is 0 Å². The van der Waals surface area contributed by atoms with Crippen molar-refractivity contribution in [3.8, 4) is 5.75 Å². The van der Waals surface area contributed by atoms with Crippen LogP contribution in [-0.2, 0) is 9.59 Å². The van der Waals surface area contributed by atoms with E-state index in [0.717, 1.165) is 18.4 Å². The minimum Gasteiger partial charge on any atom is -0.493 e. The largest absolute Gasteiger partial charge is 0.493 e. The molecular formula is C14H17N3O3. The third-order valence-electron chi connectivity index (χ3n) is 2.71. The number of carbonyl (C=O) groups is 2. The average molecular weight is 275 g/mol. The van der Waals surface area contributed by atoms with E-state index in [9.17, 15) is 9.59 Å². The van der Waals surface area contributed by atoms with Gasteiger partial charge in [0.1, 0.15) is 5.75 Å². The Morgan fingerprint density at radius 1 is 1.35 bits per heavy atom. The predicted molar refractivity (Wildman–Crippen MR) is 74.5 cm³/mol. The van der Waals surface area contributed by atoms with Gasteiger partial charge in [-0.05, 0) is 31.9 Å². The predicted octanol–water partition coefficient (Wildman–Crippen LogP) is 0.814. The quantitative estimate of drug-likeness (QED) is 0.474. The van der Waals surface area contributed by atoms with Gasteiger partial charge in [-0.3, -0.25) is 9.59 Å². The number of nitrogens with zero attached hydrogens (tertiary/aromatic N) is 1. The van der Waals surface area contributed by atoms with E-state index in [0.29, 0.717) is 12.4 Å². The van der Waals surface area contributed by atoms with Crippen molar-refractivity contribution in [2.24, 2.45) is 5.10 Å². The number of benzene rings is 1. The fraction of sp³-hybridized carbons (Fsp3) is 0.357. The van der Waals surface area contributed by atoms with Crippen LogP contribution in [0.1, 0.15) is 25.3 Å². The average Bonchev–Trinajstić information content (AvgIpc) is 3.24. The molecule has 0 heterocycles. The second-order valence-electron chi connectivity index (χ2n) is 4.42. The molecule has 0 radical (unpaired) electrons. The van der Waals surface area contributed by atoms with E-state index in [2.05, 4.69) is 15.8 Å². The van der Waals surface area contributed by atoms with Crippen LogP contribution in [0.2, 0.25) is 0 Å². The van der Waals surface area contributed by atoms with Crippen LogP contribution >= 0.6 is 0 Å². The molecule has 0 atom stereocenters. The molecule has 1 saturated carbocycles. The standard InChI is InChI=1S/C14H17N3O3/c1-2-20-12-6-4-3-5-10(12)9-15-17-14(19)13(18)16-11-7-8-11/h3-6,9,11H,2,7-8H2,1H3,(H,16,18)(H,17,19)/b15-9-. The number of hydrogen-bond acceptors (Lipinski definition) is 4. The summed E-state index contributed by atoms with van der Waals surface area (Å²) in [7, 11) is 0. The van der Waals surface area contributed by atoms with Crippen molar-refractivity contribution in [3.05, 3.63) is 29.8 Å². The highest BCUT2D eigenvalue weighted by atomic mass is 16.5. The fourth-order valence-corrected chi connectivity index (χ4v) is 1.56. The van der Waals surface area contributed by atoms with Crippen molar-refractivity contribution >= 4 is 18.0 Å². The van der Waals surface area contributed by atoms with Gasteiger partial charge in [-0.25, -0.2) is 5.43 Å². The third kappa shape index (κ3) is 4.08. The SMILES string of the molecule is CCOc1ccccc1/C=N\NC(=O)C(=O)NC1CC1. The van der Waals surface area contributed by atoms with Crippen molar-refractivity contribution in [1.82, 2.24) is 10.7 Å². The molecule has 1 aromatic rings. The fourth-order valence-electron chi connectivity index (χ4n) is 1.56. The van der Waals surface area contributed by atoms with E-state index in [1.165, 1.54) is 6.21 Å². The van der Waals surface area contributed by atoms with E-state index in [-0.39, 0.29) is 6.04 Å². The van der Waals surface area contributed by atoms with Crippen LogP contribution < -0.4 is 15.5 Å². The van der Waals surface area contributed by atoms with Crippen molar-refractivity contribution < 1.29 is 14.3 Å². The number of nitrogens with one attached hydrogen (secondary N) is 2. The Morgan fingerprint density at radius 2 is 2.10 bits per heavy atom. The molecule has 0 aliphatic heterocycles. The summed E-state index contributed by atoms with van der Waals surface area (Å²) >= 11 is 0. The monoisotopic (exact) mass is 275 g/mol. The molecule has 2 N–H and O–H groups in total. The van der Waals surface area contributed by atoms with Gasteiger partial charge in [0.05, 0.1) is 12.8 Å². The Balaban J connectivity index is 1.88. The van der Waals surface area contributed by atoms with Crippen LogP contribution in [-0.4, -0.2) is 30.7 Å². The van der Waals surface area contributed by atoms with Gasteiger partial charge in [0.15, 0.2) is 0 Å². The molecule has 0 saturated heterocycles. The molecule has 0 aromatic heterocycles. The molecule has 0 bridgehead atoms. The van der Waals surface area contributed by atoms with Gasteiger partial charge in [0, 0.05) is 11.6 Å². The summed E-state index contributed by atoms with van der Waals surface area (Å²) in [6.07, 6.45) is 3.32. The topological polar surface area (TPSA) is 79.8 Å². The van der Waals surface area contributed by atoms with Gasteiger partial charge in [-0.2, -0.15) is 5.10 Å². The lowest BCUT2D eigenvalue weighted by atomic mass is 10.2. The van der Waals surface area contributed by atoms with E-state index >= 15 is 0 Å². The third-order valence-corrected chi connectivity index (χ3v) is 2.71. The van der Waals surface area contributed by atoms with Crippen LogP contribution in [0.5, 0.6) is 5.75 Å². The second-order valence-corrected chi connectivity index (χ2v) is 4.42. The Kier molecular flexibility index (Phi) is 4.70. The number of amides is 2. The molecule has 0 spiro atoms. The van der Waals surface area contributed by atoms with Gasteiger partial charge < -0.3 is 10.1 Å². The number of rotatable bonds is 5. The smallest absolute Gasteiger partial charge is 0.329 e. The molecule has 0 unspecified atom stereocenters. The lowest BCUT2D eigenvalue weighted by Crippen LogP contribution is -2.38. The molecule has 6 nitrogen and oxygen atoms in total. The molecule has 1 fully saturated rings. The van der Waals surface area contributed by atoms with Gasteiger partial charge in [-0.15, -0.1) is 0 Å². The van der Waals surface area contributed by atoms with Crippen LogP contribution in [0.15, 0.2) is 29.4 Å². The number of hydrazone groups is 1. The van der Waals surface area contributed by atoms with E-state index in [4.69, 9.17) is 4.74 Å². The number of para-hydroxylation sites is 1. The minimum atomic E-state index is -0.762. The molecule has 20 heavy (non-hydrogen) atoms. The van der Waals surface area contributed by atoms with Gasteiger partial charge >= 0.3 is 11.8 Å². The number of carbonyl (C=O) groups excluding carboxylic acids is 2. The maximum Gasteiger partial charge on any atom is 0.329 e. The summed E-state index contributed by atoms with van der Waals surface area (Å²) in [5.74, 6) is -0.736. The summed E-state index contributed by atoms with van der Waals surface area (Å²) in [6.45, 7) is 2.43. The zero-order chi connectivity index (χ0) is 14.4. The lowest BCUT2D eigenvalue weighted by Gasteiger charge is -2.05. The molecule has 2 amide bonds. The Morgan fingerprint density at radius 3 is 2.80 bits per heavy atom. The van der Waals surface area contributed by atoms with Crippen LogP contribution in [0.3, 0.4) is 0 Å². The molecule has 106 valence electrons. The highest BCUT2D eigenvalue weighted by molar-refractivity contribution is 6.35. The summed E-state index contributed by atoms with van der Waals surface area (Å²) in [6, 6.07) is 7.46. The van der Waals surface area contributed by atoms with Crippen LogP contribution in [0.4, 0.5) is 0 Å². The van der Waals surface area contributed by atoms with E-state index < -0.39 is 11.8 Å². The highest BCUT2D eigenvalue weighted by Gasteiger charge is 2.26. The summed E-state index contributed by atoms with van der Waals surface area (Å²) < 4.78 is 5.42. The first kappa shape index (κ1) is 14.0. The maximum atomic E-state index is 11.4. The zero-order valence-electron chi connectivity index (χ0n) is 11.3. The van der Waals surface area contributed by atoms with Gasteiger partial charge in [0.25, 0.3) is 0 Å². The maximum absolute atomic E-state index is 11.4. The molecule has 6 heteroatoms. The Bertz CT molecular complexity index is 524. The molecule has 1 aliphatic rings. The first-order valence-electron chi connectivity index (χ1n) is 6.56. The molecule has 2 rings (SSSR count). The lowest BCUT2D eigenvalue weighted by molar-refractivity contribution is -0.139. The van der Waals surface area contributed by atoms with Crippen LogP contribution in [0.25, 0.3) is 0 Å². The first-order valence-corrected chi connectivity index (χ1v) is 6.56. The Labute approximate surface area is 117 Å². The van der Waals surface area contributed by atoms with Crippen molar-refractivity contribution in [1.29, 1.82) is 0 Å². The summed E-state index contributed by atoms with van der Waals surface area (Å²) in [4.78, 5) is 22.8. The first-order chi connectivity index (χ1) is 9.70. The Hall–Kier alpha value is -2.37. The minimum absolute atomic E-state index is 0.149. The van der Waals surface area contributed by atoms with Crippen molar-refractivity contribution in [3.63, 3.8) is 0 Å². The van der Waals surface area contributed by atoms with E-state index in [1.54, 1.807) is 0 Å². The second kappa shape index (κ2) is 6.70. The number of hydrogen-bond donors (Lipinski definition) is 2. The normalized spacial score (nSPS) is 14.1. The van der Waals surface area contributed by atoms with Crippen molar-refractivity contribution in [2.75, 3.05) is 6.61 Å². The summed E-state index contributed by atoms with van der Waals surface area (Å²) in [5, 5.41) is 6.35. The van der Waals surface area contributed by atoms with Gasteiger partial charge in [-0.1, -0.05) is 12.1 Å². The highest BCUT2D eigenvalue weighted by Crippen LogP contribution is 2.18. The molecular weight excluding hydrogens is 258 g/mol. The molecule has 1 aromatic carbocycles. The molecule has 1 aliphatic carbocycles. The van der Waals surface area contributed by atoms with Crippen molar-refractivity contribution in [2.45, 2.75) is 25.8 Å². The summed E-state index contributed by atoms with van der Waals surface area (Å²) in [5.41, 5.74) is 2.93. The zero-order valence-corrected chi connectivity index (χ0v) is 11.3.